The summed E-state index contributed by atoms with van der Waals surface area (Å²) >= 11 is 0. The van der Waals surface area contributed by atoms with Gasteiger partial charge >= 0.3 is 13.5 Å². The van der Waals surface area contributed by atoms with Gasteiger partial charge in [0.15, 0.2) is 0 Å². The molecule has 0 amide bonds. The predicted octanol–water partition coefficient (Wildman–Crippen LogP) is 5.32. The van der Waals surface area contributed by atoms with Crippen LogP contribution in [-0.2, 0) is 14.0 Å². The Hall–Kier alpha value is -1.58. The minimum atomic E-state index is -4.79. The third kappa shape index (κ3) is 5.49. The van der Waals surface area contributed by atoms with Crippen molar-refractivity contribution in [3.05, 3.63) is 35.6 Å². The van der Waals surface area contributed by atoms with Gasteiger partial charge in [-0.3, -0.25) is 0 Å². The third-order valence-electron chi connectivity index (χ3n) is 4.89. The molecule has 2 rings (SSSR count). The number of benzene rings is 1. The SMILES string of the molecule is CCOCCC(=C(F)B1OC(C)(C)C(C)(C)O1)c1ccc(OC(F)(F)F)cc1. The lowest BCUT2D eigenvalue weighted by molar-refractivity contribution is -0.274. The molecule has 0 aromatic heterocycles. The molecule has 156 valence electrons. The molecule has 4 nitrogen and oxygen atoms in total. The standard InChI is InChI=1S/C19H25BF4O4/c1-6-25-12-11-15(13-7-9-14(10-8-13)26-19(22,23)24)16(21)20-27-17(2,3)18(4,5)28-20/h7-10H,6,11-12H2,1-5H3. The van der Waals surface area contributed by atoms with Crippen molar-refractivity contribution in [2.24, 2.45) is 0 Å². The van der Waals surface area contributed by atoms with Gasteiger partial charge in [0.25, 0.3) is 0 Å². The van der Waals surface area contributed by atoms with E-state index < -0.39 is 30.4 Å². The van der Waals surface area contributed by atoms with Gasteiger partial charge in [-0.15, -0.1) is 13.2 Å². The minimum absolute atomic E-state index is 0.212. The molecular formula is C19H25BF4O4. The monoisotopic (exact) mass is 404 g/mol. The summed E-state index contributed by atoms with van der Waals surface area (Å²) in [7, 11) is -1.20. The first-order valence-corrected chi connectivity index (χ1v) is 9.04. The summed E-state index contributed by atoms with van der Waals surface area (Å²) in [4.78, 5) is 0. The number of hydrogen-bond acceptors (Lipinski definition) is 4. The number of alkyl halides is 3. The van der Waals surface area contributed by atoms with Gasteiger partial charge in [0, 0.05) is 6.61 Å². The van der Waals surface area contributed by atoms with E-state index in [1.165, 1.54) is 12.1 Å². The molecule has 1 aliphatic heterocycles. The molecule has 1 saturated heterocycles. The molecule has 0 N–H and O–H groups in total. The van der Waals surface area contributed by atoms with Gasteiger partial charge in [0.05, 0.1) is 17.8 Å². The van der Waals surface area contributed by atoms with Crippen molar-refractivity contribution < 1.29 is 36.3 Å². The number of halogens is 4. The maximum Gasteiger partial charge on any atom is 0.573 e. The third-order valence-corrected chi connectivity index (χ3v) is 4.89. The fourth-order valence-electron chi connectivity index (χ4n) is 2.67. The van der Waals surface area contributed by atoms with Crippen LogP contribution in [0.15, 0.2) is 30.0 Å². The first-order chi connectivity index (χ1) is 12.9. The molecule has 0 aliphatic carbocycles. The van der Waals surface area contributed by atoms with Crippen LogP contribution in [0.4, 0.5) is 17.6 Å². The Morgan fingerprint density at radius 3 is 2.04 bits per heavy atom. The number of ether oxygens (including phenoxy) is 2. The molecule has 0 unspecified atom stereocenters. The molecule has 0 atom stereocenters. The summed E-state index contributed by atoms with van der Waals surface area (Å²) < 4.78 is 73.0. The smallest absolute Gasteiger partial charge is 0.406 e. The highest BCUT2D eigenvalue weighted by molar-refractivity contribution is 6.55. The van der Waals surface area contributed by atoms with Crippen molar-refractivity contribution in [3.63, 3.8) is 0 Å². The van der Waals surface area contributed by atoms with E-state index in [1.54, 1.807) is 0 Å². The second-order valence-corrected chi connectivity index (χ2v) is 7.43. The molecule has 0 bridgehead atoms. The first-order valence-electron chi connectivity index (χ1n) is 9.04. The zero-order valence-electron chi connectivity index (χ0n) is 16.7. The van der Waals surface area contributed by atoms with Crippen LogP contribution in [0.3, 0.4) is 0 Å². The van der Waals surface area contributed by atoms with E-state index in [4.69, 9.17) is 14.0 Å². The highest BCUT2D eigenvalue weighted by Gasteiger charge is 2.53. The Bertz CT molecular complexity index is 683. The lowest BCUT2D eigenvalue weighted by Crippen LogP contribution is -2.41. The normalized spacial score (nSPS) is 19.5. The van der Waals surface area contributed by atoms with Crippen LogP contribution in [0.1, 0.15) is 46.6 Å². The van der Waals surface area contributed by atoms with E-state index in [0.717, 1.165) is 12.1 Å². The van der Waals surface area contributed by atoms with Crippen LogP contribution in [0, 0.1) is 0 Å². The number of rotatable bonds is 7. The lowest BCUT2D eigenvalue weighted by Gasteiger charge is -2.32. The zero-order valence-corrected chi connectivity index (χ0v) is 16.7. The Balaban J connectivity index is 2.32. The fourth-order valence-corrected chi connectivity index (χ4v) is 2.67. The summed E-state index contributed by atoms with van der Waals surface area (Å²) in [5.41, 5.74) is -1.40. The summed E-state index contributed by atoms with van der Waals surface area (Å²) in [6.45, 7) is 9.76. The van der Waals surface area contributed by atoms with Crippen molar-refractivity contribution in [2.75, 3.05) is 13.2 Å². The number of hydrogen-bond donors (Lipinski definition) is 0. The highest BCUT2D eigenvalue weighted by atomic mass is 19.4. The van der Waals surface area contributed by atoms with Gasteiger partial charge in [0.2, 0.25) is 0 Å². The van der Waals surface area contributed by atoms with E-state index in [2.05, 4.69) is 4.74 Å². The van der Waals surface area contributed by atoms with Crippen molar-refractivity contribution >= 4 is 12.7 Å². The minimum Gasteiger partial charge on any atom is -0.406 e. The molecule has 1 aliphatic rings. The van der Waals surface area contributed by atoms with Crippen LogP contribution in [-0.4, -0.2) is 37.9 Å². The molecule has 1 fully saturated rings. The summed E-state index contributed by atoms with van der Waals surface area (Å²) in [6, 6.07) is 5.02. The molecule has 0 spiro atoms. The predicted molar refractivity (Wildman–Crippen MR) is 98.3 cm³/mol. The topological polar surface area (TPSA) is 36.9 Å². The van der Waals surface area contributed by atoms with Crippen LogP contribution >= 0.6 is 0 Å². The van der Waals surface area contributed by atoms with Crippen LogP contribution in [0.5, 0.6) is 5.75 Å². The fraction of sp³-hybridized carbons (Fsp3) is 0.579. The molecule has 28 heavy (non-hydrogen) atoms. The van der Waals surface area contributed by atoms with Gasteiger partial charge < -0.3 is 18.8 Å². The Morgan fingerprint density at radius 1 is 1.04 bits per heavy atom. The molecule has 0 radical (unpaired) electrons. The molecule has 0 saturated carbocycles. The maximum atomic E-state index is 15.3. The van der Waals surface area contributed by atoms with Crippen LogP contribution in [0.25, 0.3) is 5.57 Å². The van der Waals surface area contributed by atoms with E-state index in [0.29, 0.717) is 12.2 Å². The summed E-state index contributed by atoms with van der Waals surface area (Å²) in [5, 5.41) is 0. The average Bonchev–Trinajstić information content (AvgIpc) is 2.79. The van der Waals surface area contributed by atoms with E-state index in [-0.39, 0.29) is 24.4 Å². The van der Waals surface area contributed by atoms with Crippen molar-refractivity contribution in [2.45, 2.75) is 58.6 Å². The van der Waals surface area contributed by atoms with E-state index in [1.807, 2.05) is 34.6 Å². The average molecular weight is 404 g/mol. The molecule has 1 aromatic rings. The largest absolute Gasteiger partial charge is 0.573 e. The summed E-state index contributed by atoms with van der Waals surface area (Å²) in [6.07, 6.45) is -4.58. The van der Waals surface area contributed by atoms with Gasteiger partial charge in [-0.1, -0.05) is 12.1 Å². The highest BCUT2D eigenvalue weighted by Crippen LogP contribution is 2.40. The Kier molecular flexibility index (Phi) is 6.84. The van der Waals surface area contributed by atoms with E-state index in [9.17, 15) is 13.2 Å². The van der Waals surface area contributed by atoms with Crippen LogP contribution < -0.4 is 4.74 Å². The lowest BCUT2D eigenvalue weighted by atomic mass is 9.82. The zero-order chi connectivity index (χ0) is 21.2. The first kappa shape index (κ1) is 22.7. The quantitative estimate of drug-likeness (QED) is 0.350. The van der Waals surface area contributed by atoms with Crippen LogP contribution in [0.2, 0.25) is 0 Å². The maximum absolute atomic E-state index is 15.3. The molecule has 1 heterocycles. The molecular weight excluding hydrogens is 379 g/mol. The van der Waals surface area contributed by atoms with Crippen molar-refractivity contribution in [1.82, 2.24) is 0 Å². The molecule has 1 aromatic carbocycles. The Labute approximate surface area is 162 Å². The summed E-state index contributed by atoms with van der Waals surface area (Å²) in [5.74, 6) is -0.378. The van der Waals surface area contributed by atoms with E-state index >= 15 is 4.39 Å². The Morgan fingerprint density at radius 2 is 1.57 bits per heavy atom. The van der Waals surface area contributed by atoms with Gasteiger partial charge in [0.1, 0.15) is 11.5 Å². The second-order valence-electron chi connectivity index (χ2n) is 7.43. The van der Waals surface area contributed by atoms with Crippen molar-refractivity contribution in [1.29, 1.82) is 0 Å². The van der Waals surface area contributed by atoms with Gasteiger partial charge in [-0.2, -0.15) is 0 Å². The van der Waals surface area contributed by atoms with Gasteiger partial charge in [-0.25, -0.2) is 4.39 Å². The van der Waals surface area contributed by atoms with Gasteiger partial charge in [-0.05, 0) is 64.3 Å². The van der Waals surface area contributed by atoms with Crippen molar-refractivity contribution in [3.8, 4) is 5.75 Å². The second kappa shape index (κ2) is 8.43. The molecule has 9 heteroatoms.